The minimum atomic E-state index is -2.00. The second kappa shape index (κ2) is 7.71. The third kappa shape index (κ3) is 4.07. The lowest BCUT2D eigenvalue weighted by atomic mass is 9.39. The monoisotopic (exact) mass is 476 g/mol. The molecule has 2 aromatic rings. The molecule has 0 spiro atoms. The highest BCUT2D eigenvalue weighted by Crippen LogP contribution is 2.70. The maximum atomic E-state index is 11.3. The summed E-state index contributed by atoms with van der Waals surface area (Å²) in [7, 11) is -2.00. The van der Waals surface area contributed by atoms with Crippen molar-refractivity contribution in [2.24, 2.45) is 16.7 Å². The molecular formula is C31H44O2Si. The largest absolute Gasteiger partial charge is 0.543 e. The van der Waals surface area contributed by atoms with Crippen LogP contribution in [0.25, 0.3) is 0 Å². The lowest BCUT2D eigenvalue weighted by Gasteiger charge is -2.66. The summed E-state index contributed by atoms with van der Waals surface area (Å²) < 4.78 is 7.05. The van der Waals surface area contributed by atoms with Crippen LogP contribution in [0.1, 0.15) is 95.9 Å². The zero-order valence-corrected chi connectivity index (χ0v) is 23.4. The molecule has 0 radical (unpaired) electrons. The predicted molar refractivity (Wildman–Crippen MR) is 144 cm³/mol. The molecule has 0 aliphatic heterocycles. The molecule has 6 rings (SSSR count). The first-order valence-corrected chi connectivity index (χ1v) is 16.2. The van der Waals surface area contributed by atoms with Gasteiger partial charge in [-0.2, -0.15) is 0 Å². The standard InChI is InChI=1S/C31H44O2Si/c1-28(2,3)34(6,7)33-26-14-13-24(27(32)23-11-9-8-10-12-23)15-25(26)31-18-22-16-29(4,20-31)19-30(5,17-22)21-31/h8-15,22,27,32H,16-21H2,1-7H3. The van der Waals surface area contributed by atoms with E-state index in [0.717, 1.165) is 22.8 Å². The molecule has 0 saturated heterocycles. The summed E-state index contributed by atoms with van der Waals surface area (Å²) in [6.45, 7) is 16.7. The molecule has 4 aliphatic rings. The van der Waals surface area contributed by atoms with Crippen LogP contribution in [0.15, 0.2) is 48.5 Å². The van der Waals surface area contributed by atoms with E-state index < -0.39 is 14.4 Å². The molecule has 2 nitrogen and oxygen atoms in total. The Bertz CT molecular complexity index is 1050. The summed E-state index contributed by atoms with van der Waals surface area (Å²) >= 11 is 0. The van der Waals surface area contributed by atoms with Crippen LogP contribution in [0, 0.1) is 16.7 Å². The lowest BCUT2D eigenvalue weighted by molar-refractivity contribution is -0.110. The SMILES string of the molecule is CC12CC3CC(C)(C1)CC(c1cc(C(O)c4ccccc4)ccc1O[Si](C)(C)C(C)(C)C)(C3)C2. The fourth-order valence-electron chi connectivity index (χ4n) is 8.22. The van der Waals surface area contributed by atoms with Gasteiger partial charge >= 0.3 is 0 Å². The second-order valence-electron chi connectivity index (χ2n) is 14.3. The van der Waals surface area contributed by atoms with Crippen LogP contribution in [0.2, 0.25) is 18.1 Å². The highest BCUT2D eigenvalue weighted by Gasteiger charge is 2.61. The Labute approximate surface area is 208 Å². The minimum absolute atomic E-state index is 0.145. The number of hydrogen-bond donors (Lipinski definition) is 1. The van der Waals surface area contributed by atoms with Gasteiger partial charge in [-0.3, -0.25) is 0 Å². The maximum absolute atomic E-state index is 11.3. The van der Waals surface area contributed by atoms with E-state index in [2.05, 4.69) is 65.9 Å². The number of benzene rings is 2. The van der Waals surface area contributed by atoms with Crippen molar-refractivity contribution in [1.29, 1.82) is 0 Å². The van der Waals surface area contributed by atoms with E-state index in [1.807, 2.05) is 30.3 Å². The van der Waals surface area contributed by atoms with Crippen molar-refractivity contribution in [1.82, 2.24) is 0 Å². The Hall–Kier alpha value is -1.58. The highest BCUT2D eigenvalue weighted by molar-refractivity contribution is 6.74. The van der Waals surface area contributed by atoms with E-state index in [1.54, 1.807) is 0 Å². The fraction of sp³-hybridized carbons (Fsp3) is 0.613. The predicted octanol–water partition coefficient (Wildman–Crippen LogP) is 8.40. The summed E-state index contributed by atoms with van der Waals surface area (Å²) in [6.07, 6.45) is 7.31. The van der Waals surface area contributed by atoms with Crippen LogP contribution >= 0.6 is 0 Å². The van der Waals surface area contributed by atoms with Gasteiger partial charge in [0.2, 0.25) is 8.32 Å². The summed E-state index contributed by atoms with van der Waals surface area (Å²) in [5.74, 6) is 1.90. The van der Waals surface area contributed by atoms with Crippen LogP contribution in [-0.2, 0) is 5.41 Å². The summed E-state index contributed by atoms with van der Waals surface area (Å²) in [6, 6.07) is 16.7. The van der Waals surface area contributed by atoms with Crippen molar-refractivity contribution in [2.45, 2.75) is 103 Å². The van der Waals surface area contributed by atoms with Crippen LogP contribution in [0.4, 0.5) is 0 Å². The normalized spacial score (nSPS) is 33.7. The average molecular weight is 477 g/mol. The van der Waals surface area contributed by atoms with Crippen LogP contribution in [-0.4, -0.2) is 13.4 Å². The maximum Gasteiger partial charge on any atom is 0.250 e. The number of aliphatic hydroxyl groups excluding tert-OH is 1. The Morgan fingerprint density at radius 1 is 0.882 bits per heavy atom. The van der Waals surface area contributed by atoms with Gasteiger partial charge in [0.15, 0.2) is 0 Å². The quantitative estimate of drug-likeness (QED) is 0.439. The fourth-order valence-corrected chi connectivity index (χ4v) is 9.26. The molecule has 3 unspecified atom stereocenters. The number of hydrogen-bond acceptors (Lipinski definition) is 2. The van der Waals surface area contributed by atoms with Crippen LogP contribution < -0.4 is 4.43 Å². The third-order valence-corrected chi connectivity index (χ3v) is 14.1. The summed E-state index contributed by atoms with van der Waals surface area (Å²) in [5.41, 5.74) is 4.34. The molecule has 1 N–H and O–H groups in total. The van der Waals surface area contributed by atoms with E-state index in [1.165, 1.54) is 44.1 Å². The summed E-state index contributed by atoms with van der Waals surface area (Å²) in [4.78, 5) is 0. The van der Waals surface area contributed by atoms with Crippen molar-refractivity contribution < 1.29 is 9.53 Å². The van der Waals surface area contributed by atoms with E-state index in [4.69, 9.17) is 4.43 Å². The average Bonchev–Trinajstić information content (AvgIpc) is 2.70. The molecule has 4 aliphatic carbocycles. The van der Waals surface area contributed by atoms with Crippen molar-refractivity contribution in [2.75, 3.05) is 0 Å². The van der Waals surface area contributed by atoms with Crippen molar-refractivity contribution in [3.63, 3.8) is 0 Å². The Kier molecular flexibility index (Phi) is 5.47. The molecule has 4 bridgehead atoms. The van der Waals surface area contributed by atoms with Crippen molar-refractivity contribution >= 4 is 8.32 Å². The summed E-state index contributed by atoms with van der Waals surface area (Å²) in [5, 5.41) is 11.5. The smallest absolute Gasteiger partial charge is 0.250 e. The molecule has 4 saturated carbocycles. The van der Waals surface area contributed by atoms with Crippen molar-refractivity contribution in [3.05, 3.63) is 65.2 Å². The minimum Gasteiger partial charge on any atom is -0.543 e. The molecule has 4 fully saturated rings. The first-order valence-electron chi connectivity index (χ1n) is 13.3. The van der Waals surface area contributed by atoms with Gasteiger partial charge in [-0.15, -0.1) is 0 Å². The van der Waals surface area contributed by atoms with Gasteiger partial charge in [0, 0.05) is 5.41 Å². The zero-order chi connectivity index (χ0) is 24.6. The number of aliphatic hydroxyl groups is 1. The Morgan fingerprint density at radius 3 is 2.06 bits per heavy atom. The van der Waals surface area contributed by atoms with Gasteiger partial charge in [-0.1, -0.05) is 71.0 Å². The molecule has 0 aromatic heterocycles. The van der Waals surface area contributed by atoms with E-state index in [-0.39, 0.29) is 10.5 Å². The Morgan fingerprint density at radius 2 is 1.50 bits per heavy atom. The Balaban J connectivity index is 1.63. The second-order valence-corrected chi connectivity index (χ2v) is 19.1. The molecule has 3 atom stereocenters. The molecule has 184 valence electrons. The van der Waals surface area contributed by atoms with E-state index in [0.29, 0.717) is 10.8 Å². The third-order valence-electron chi connectivity index (χ3n) is 9.80. The van der Waals surface area contributed by atoms with Crippen LogP contribution in [0.5, 0.6) is 5.75 Å². The molecule has 34 heavy (non-hydrogen) atoms. The van der Waals surface area contributed by atoms with Crippen molar-refractivity contribution in [3.8, 4) is 5.75 Å². The topological polar surface area (TPSA) is 29.5 Å². The molecule has 0 amide bonds. The van der Waals surface area contributed by atoms with Gasteiger partial charge in [0.25, 0.3) is 0 Å². The molecule has 0 heterocycles. The van der Waals surface area contributed by atoms with Gasteiger partial charge < -0.3 is 9.53 Å². The van der Waals surface area contributed by atoms with E-state index in [9.17, 15) is 5.11 Å². The first-order chi connectivity index (χ1) is 15.7. The lowest BCUT2D eigenvalue weighted by Crippen LogP contribution is -2.57. The van der Waals surface area contributed by atoms with Gasteiger partial charge in [0.05, 0.1) is 0 Å². The van der Waals surface area contributed by atoms with Gasteiger partial charge in [-0.05, 0) is 102 Å². The molecular weight excluding hydrogens is 432 g/mol. The molecule has 3 heteroatoms. The van der Waals surface area contributed by atoms with E-state index >= 15 is 0 Å². The van der Waals surface area contributed by atoms with Crippen LogP contribution in [0.3, 0.4) is 0 Å². The van der Waals surface area contributed by atoms with Gasteiger partial charge in [-0.25, -0.2) is 0 Å². The number of rotatable bonds is 5. The first kappa shape index (κ1) is 24.1. The van der Waals surface area contributed by atoms with Gasteiger partial charge in [0.1, 0.15) is 11.9 Å². The highest BCUT2D eigenvalue weighted by atomic mass is 28.4. The zero-order valence-electron chi connectivity index (χ0n) is 22.4. The molecule has 2 aromatic carbocycles.